The molecule has 2 aliphatic heterocycles. The van der Waals surface area contributed by atoms with Crippen LogP contribution in [0.25, 0.3) is 0 Å². The standard InChI is InChI=1S/C9H11N3O4/c10-9-11-2-4(8(15)12-9)6-1-5(14)7(3-13)16-6/h2,5,7,13-14H,1,3H2,(H2,10,12,15). The molecule has 2 heterocycles. The molecule has 0 aromatic rings. The van der Waals surface area contributed by atoms with Crippen molar-refractivity contribution in [1.29, 1.82) is 5.41 Å². The van der Waals surface area contributed by atoms with Crippen molar-refractivity contribution in [3.05, 3.63) is 11.3 Å². The Bertz CT molecular complexity index is 402. The van der Waals surface area contributed by atoms with Gasteiger partial charge in [0, 0.05) is 12.6 Å². The number of hydrogen-bond acceptors (Lipinski definition) is 5. The maximum absolute atomic E-state index is 11.5. The Morgan fingerprint density at radius 1 is 1.69 bits per heavy atom. The molecule has 1 saturated heterocycles. The van der Waals surface area contributed by atoms with E-state index in [0.717, 1.165) is 0 Å². The summed E-state index contributed by atoms with van der Waals surface area (Å²) < 4.78 is 5.23. The highest BCUT2D eigenvalue weighted by Crippen LogP contribution is 2.26. The molecule has 86 valence electrons. The summed E-state index contributed by atoms with van der Waals surface area (Å²) >= 11 is 0. The van der Waals surface area contributed by atoms with E-state index in [0.29, 0.717) is 5.76 Å². The molecule has 0 aromatic heterocycles. The monoisotopic (exact) mass is 225 g/mol. The van der Waals surface area contributed by atoms with Crippen LogP contribution in [0.15, 0.2) is 16.3 Å². The second-order valence-corrected chi connectivity index (χ2v) is 3.51. The molecule has 7 heteroatoms. The van der Waals surface area contributed by atoms with Crippen molar-refractivity contribution in [1.82, 2.24) is 5.32 Å². The minimum atomic E-state index is -0.824. The quantitative estimate of drug-likeness (QED) is 0.407. The van der Waals surface area contributed by atoms with Gasteiger partial charge in [0.05, 0.1) is 12.2 Å². The van der Waals surface area contributed by atoms with Crippen molar-refractivity contribution in [2.24, 2.45) is 4.99 Å². The third-order valence-electron chi connectivity index (χ3n) is 2.40. The minimum Gasteiger partial charge on any atom is -0.489 e. The van der Waals surface area contributed by atoms with Crippen molar-refractivity contribution in [2.75, 3.05) is 6.61 Å². The molecule has 0 aromatic carbocycles. The first-order valence-electron chi connectivity index (χ1n) is 4.74. The van der Waals surface area contributed by atoms with Gasteiger partial charge in [0.1, 0.15) is 18.0 Å². The Labute approximate surface area is 91.0 Å². The maximum atomic E-state index is 11.5. The number of carbonyl (C=O) groups is 1. The molecule has 1 amide bonds. The van der Waals surface area contributed by atoms with E-state index in [1.54, 1.807) is 0 Å². The predicted octanol–water partition coefficient (Wildman–Crippen LogP) is -1.48. The molecule has 0 bridgehead atoms. The summed E-state index contributed by atoms with van der Waals surface area (Å²) in [5, 5.41) is 27.7. The summed E-state index contributed by atoms with van der Waals surface area (Å²) in [6, 6.07) is 0. The molecule has 0 radical (unpaired) electrons. The molecule has 0 spiro atoms. The highest BCUT2D eigenvalue weighted by atomic mass is 16.5. The van der Waals surface area contributed by atoms with Crippen LogP contribution in [0.2, 0.25) is 0 Å². The number of aliphatic imine (C=N–C) groups is 1. The fourth-order valence-electron chi connectivity index (χ4n) is 1.56. The Hall–Kier alpha value is -1.73. The zero-order valence-electron chi connectivity index (χ0n) is 8.30. The van der Waals surface area contributed by atoms with Crippen LogP contribution in [-0.2, 0) is 9.53 Å². The van der Waals surface area contributed by atoms with Crippen molar-refractivity contribution >= 4 is 18.1 Å². The fourth-order valence-corrected chi connectivity index (χ4v) is 1.56. The van der Waals surface area contributed by atoms with Gasteiger partial charge in [0.2, 0.25) is 5.96 Å². The zero-order chi connectivity index (χ0) is 11.7. The van der Waals surface area contributed by atoms with Gasteiger partial charge in [-0.3, -0.25) is 15.5 Å². The van der Waals surface area contributed by atoms with Crippen LogP contribution in [0.1, 0.15) is 6.42 Å². The first-order chi connectivity index (χ1) is 7.61. The number of nitrogens with zero attached hydrogens (tertiary/aromatic N) is 1. The lowest BCUT2D eigenvalue weighted by Gasteiger charge is -2.12. The van der Waals surface area contributed by atoms with Crippen LogP contribution in [0.3, 0.4) is 0 Å². The van der Waals surface area contributed by atoms with Crippen LogP contribution < -0.4 is 5.32 Å². The Kier molecular flexibility index (Phi) is 2.71. The molecular weight excluding hydrogens is 214 g/mol. The van der Waals surface area contributed by atoms with E-state index in [-0.39, 0.29) is 24.6 Å². The lowest BCUT2D eigenvalue weighted by atomic mass is 10.1. The van der Waals surface area contributed by atoms with E-state index in [1.807, 2.05) is 0 Å². The molecule has 1 fully saturated rings. The molecule has 7 nitrogen and oxygen atoms in total. The summed E-state index contributed by atoms with van der Waals surface area (Å²) in [5.41, 5.74) is 0.186. The summed E-state index contributed by atoms with van der Waals surface area (Å²) in [4.78, 5) is 15.1. The van der Waals surface area contributed by atoms with Gasteiger partial charge in [0.25, 0.3) is 5.91 Å². The van der Waals surface area contributed by atoms with Gasteiger partial charge in [-0.25, -0.2) is 4.99 Å². The van der Waals surface area contributed by atoms with Crippen LogP contribution in [-0.4, -0.2) is 47.1 Å². The third kappa shape index (κ3) is 1.82. The topological polar surface area (TPSA) is 115 Å². The number of carbonyl (C=O) groups excluding carboxylic acids is 1. The number of nitrogens with one attached hydrogen (secondary N) is 2. The first kappa shape index (κ1) is 10.8. The highest BCUT2D eigenvalue weighted by Gasteiger charge is 2.33. The number of hydrogen-bond donors (Lipinski definition) is 4. The number of amides is 1. The van der Waals surface area contributed by atoms with E-state index in [2.05, 4.69) is 10.3 Å². The molecule has 2 atom stereocenters. The molecule has 0 saturated carbocycles. The number of guanidine groups is 1. The molecule has 0 aliphatic carbocycles. The van der Waals surface area contributed by atoms with Crippen molar-refractivity contribution < 1.29 is 19.7 Å². The van der Waals surface area contributed by atoms with Crippen LogP contribution in [0.4, 0.5) is 0 Å². The Balaban J connectivity index is 2.27. The highest BCUT2D eigenvalue weighted by molar-refractivity contribution is 6.22. The van der Waals surface area contributed by atoms with Gasteiger partial charge in [-0.05, 0) is 0 Å². The molecular formula is C9H11N3O4. The number of rotatable bonds is 1. The summed E-state index contributed by atoms with van der Waals surface area (Å²) in [5.74, 6) is -0.423. The average Bonchev–Trinajstić information content (AvgIpc) is 2.59. The molecule has 2 aliphatic rings. The van der Waals surface area contributed by atoms with Crippen molar-refractivity contribution in [3.8, 4) is 0 Å². The summed E-state index contributed by atoms with van der Waals surface area (Å²) in [6.45, 7) is -0.313. The number of ether oxygens (including phenoxy) is 1. The Morgan fingerprint density at radius 2 is 2.44 bits per heavy atom. The molecule has 16 heavy (non-hydrogen) atoms. The molecule has 2 rings (SSSR count). The maximum Gasteiger partial charge on any atom is 0.262 e. The van der Waals surface area contributed by atoms with E-state index >= 15 is 0 Å². The SMILES string of the molecule is N=C1N=CC(=C2CC(O)C(CO)O2)C(=O)N1. The normalized spacial score (nSPS) is 33.9. The average molecular weight is 225 g/mol. The second kappa shape index (κ2) is 4.03. The fraction of sp³-hybridized carbons (Fsp3) is 0.444. The van der Waals surface area contributed by atoms with E-state index in [4.69, 9.17) is 15.3 Å². The van der Waals surface area contributed by atoms with Gasteiger partial charge < -0.3 is 14.9 Å². The van der Waals surface area contributed by atoms with Gasteiger partial charge in [-0.2, -0.15) is 0 Å². The number of aliphatic hydroxyl groups excluding tert-OH is 2. The lowest BCUT2D eigenvalue weighted by molar-refractivity contribution is -0.116. The lowest BCUT2D eigenvalue weighted by Crippen LogP contribution is -2.35. The zero-order valence-corrected chi connectivity index (χ0v) is 8.30. The van der Waals surface area contributed by atoms with Gasteiger partial charge in [0.15, 0.2) is 0 Å². The van der Waals surface area contributed by atoms with Crippen LogP contribution in [0.5, 0.6) is 0 Å². The van der Waals surface area contributed by atoms with E-state index in [1.165, 1.54) is 6.21 Å². The second-order valence-electron chi connectivity index (χ2n) is 3.51. The van der Waals surface area contributed by atoms with Crippen molar-refractivity contribution in [2.45, 2.75) is 18.6 Å². The first-order valence-corrected chi connectivity index (χ1v) is 4.74. The largest absolute Gasteiger partial charge is 0.489 e. The smallest absolute Gasteiger partial charge is 0.262 e. The predicted molar refractivity (Wildman–Crippen MR) is 54.0 cm³/mol. The van der Waals surface area contributed by atoms with Gasteiger partial charge >= 0.3 is 0 Å². The molecule has 2 unspecified atom stereocenters. The number of aliphatic hydroxyl groups is 2. The van der Waals surface area contributed by atoms with Crippen molar-refractivity contribution in [3.63, 3.8) is 0 Å². The molecule has 4 N–H and O–H groups in total. The van der Waals surface area contributed by atoms with Gasteiger partial charge in [-0.15, -0.1) is 0 Å². The van der Waals surface area contributed by atoms with E-state index in [9.17, 15) is 9.90 Å². The third-order valence-corrected chi connectivity index (χ3v) is 2.40. The summed E-state index contributed by atoms with van der Waals surface area (Å²) in [7, 11) is 0. The van der Waals surface area contributed by atoms with Crippen LogP contribution in [0, 0.1) is 5.41 Å². The Morgan fingerprint density at radius 3 is 3.00 bits per heavy atom. The van der Waals surface area contributed by atoms with Gasteiger partial charge in [-0.1, -0.05) is 0 Å². The van der Waals surface area contributed by atoms with Crippen LogP contribution >= 0.6 is 0 Å². The van der Waals surface area contributed by atoms with E-state index < -0.39 is 18.1 Å². The summed E-state index contributed by atoms with van der Waals surface area (Å²) in [6.07, 6.45) is -0.142. The minimum absolute atomic E-state index is 0.160.